The van der Waals surface area contributed by atoms with Gasteiger partial charge in [-0.05, 0) is 50.1 Å². The maximum Gasteiger partial charge on any atom is 0.319 e. The molecule has 0 bridgehead atoms. The smallest absolute Gasteiger partial charge is 0.319 e. The van der Waals surface area contributed by atoms with E-state index in [0.29, 0.717) is 41.6 Å². The topological polar surface area (TPSA) is 89.8 Å². The number of carbonyl (C=O) groups excluding carboxylic acids is 1. The van der Waals surface area contributed by atoms with Gasteiger partial charge in [-0.1, -0.05) is 35.4 Å². The maximum absolute atomic E-state index is 12.0. The number of fused-ring (bicyclic) bond motifs is 1. The first-order chi connectivity index (χ1) is 14.0. The lowest BCUT2D eigenvalue weighted by Gasteiger charge is -2.12. The molecule has 29 heavy (non-hydrogen) atoms. The van der Waals surface area contributed by atoms with Crippen molar-refractivity contribution in [3.05, 3.63) is 64.2 Å². The van der Waals surface area contributed by atoms with Crippen molar-refractivity contribution >= 4 is 40.0 Å². The fourth-order valence-corrected chi connectivity index (χ4v) is 3.28. The minimum atomic E-state index is -0.314. The van der Waals surface area contributed by atoms with Gasteiger partial charge >= 0.3 is 6.03 Å². The molecule has 0 aliphatic rings. The van der Waals surface area contributed by atoms with Crippen LogP contribution in [-0.4, -0.2) is 24.1 Å². The number of urea groups is 1. The van der Waals surface area contributed by atoms with Crippen LogP contribution in [0.2, 0.25) is 5.02 Å². The van der Waals surface area contributed by atoms with Gasteiger partial charge in [-0.3, -0.25) is 0 Å². The van der Waals surface area contributed by atoms with Gasteiger partial charge in [0.1, 0.15) is 11.9 Å². The number of nitrogens with zero attached hydrogens (tertiary/aromatic N) is 2. The number of aromatic nitrogens is 1. The maximum atomic E-state index is 12.0. The van der Waals surface area contributed by atoms with E-state index in [2.05, 4.69) is 33.1 Å². The van der Waals surface area contributed by atoms with Gasteiger partial charge in [0.2, 0.25) is 0 Å². The van der Waals surface area contributed by atoms with Gasteiger partial charge in [-0.25, -0.2) is 9.78 Å². The Morgan fingerprint density at radius 2 is 1.97 bits per heavy atom. The number of hydrogen-bond donors (Lipinski definition) is 3. The number of halogens is 1. The number of nitriles is 1. The summed E-state index contributed by atoms with van der Waals surface area (Å²) in [5.74, 6) is 0.562. The average Bonchev–Trinajstić information content (AvgIpc) is 2.69. The first kappa shape index (κ1) is 20.4. The minimum Gasteiger partial charge on any atom is -0.369 e. The molecule has 1 aromatic heterocycles. The fraction of sp³-hybridized carbons (Fsp3) is 0.227. The van der Waals surface area contributed by atoms with Crippen LogP contribution in [0, 0.1) is 25.2 Å². The van der Waals surface area contributed by atoms with E-state index < -0.39 is 0 Å². The summed E-state index contributed by atoms with van der Waals surface area (Å²) in [6, 6.07) is 14.9. The zero-order chi connectivity index (χ0) is 20.8. The highest BCUT2D eigenvalue weighted by atomic mass is 35.5. The molecule has 3 N–H and O–H groups in total. The molecule has 6 nitrogen and oxygen atoms in total. The molecule has 0 aliphatic carbocycles. The number of aryl methyl sites for hydroxylation is 2. The van der Waals surface area contributed by atoms with Crippen molar-refractivity contribution in [2.45, 2.75) is 20.3 Å². The van der Waals surface area contributed by atoms with Crippen molar-refractivity contribution in [2.75, 3.05) is 23.7 Å². The zero-order valence-corrected chi connectivity index (χ0v) is 17.1. The van der Waals surface area contributed by atoms with Crippen LogP contribution >= 0.6 is 11.6 Å². The first-order valence-electron chi connectivity index (χ1n) is 9.33. The van der Waals surface area contributed by atoms with Gasteiger partial charge < -0.3 is 16.0 Å². The quantitative estimate of drug-likeness (QED) is 0.501. The van der Waals surface area contributed by atoms with Gasteiger partial charge in [0.05, 0.1) is 21.8 Å². The molecule has 0 unspecified atom stereocenters. The Kier molecular flexibility index (Phi) is 6.53. The Hall–Kier alpha value is -3.30. The average molecular weight is 408 g/mol. The van der Waals surface area contributed by atoms with Crippen LogP contribution in [0.4, 0.5) is 16.3 Å². The molecule has 2 aromatic carbocycles. The standard InChI is InChI=1S/C22H22ClN5O/c1-14-10-15(2)20-16(11-14)12-17(13-24)21(28-20)25-8-5-9-26-22(29)27-19-7-4-3-6-18(19)23/h3-4,6-7,10-12H,5,8-9H2,1-2H3,(H,25,28)(H2,26,27,29). The largest absolute Gasteiger partial charge is 0.369 e. The molecule has 0 saturated carbocycles. The fourth-order valence-electron chi connectivity index (χ4n) is 3.10. The van der Waals surface area contributed by atoms with Gasteiger partial charge in [0.15, 0.2) is 0 Å². The van der Waals surface area contributed by atoms with Crippen LogP contribution in [0.1, 0.15) is 23.1 Å². The van der Waals surface area contributed by atoms with E-state index in [1.807, 2.05) is 26.0 Å². The Morgan fingerprint density at radius 1 is 1.17 bits per heavy atom. The summed E-state index contributed by atoms with van der Waals surface area (Å²) in [6.07, 6.45) is 0.674. The monoisotopic (exact) mass is 407 g/mol. The molecule has 0 atom stereocenters. The number of para-hydroxylation sites is 1. The van der Waals surface area contributed by atoms with Crippen LogP contribution < -0.4 is 16.0 Å². The van der Waals surface area contributed by atoms with Gasteiger partial charge in [0.25, 0.3) is 0 Å². The summed E-state index contributed by atoms with van der Waals surface area (Å²) in [5, 5.41) is 19.6. The summed E-state index contributed by atoms with van der Waals surface area (Å²) in [7, 11) is 0. The molecule has 3 aromatic rings. The van der Waals surface area contributed by atoms with Crippen LogP contribution in [0.3, 0.4) is 0 Å². The highest BCUT2D eigenvalue weighted by molar-refractivity contribution is 6.33. The number of anilines is 2. The predicted octanol–water partition coefficient (Wildman–Crippen LogP) is 5.00. The molecule has 7 heteroatoms. The normalized spacial score (nSPS) is 10.4. The van der Waals surface area contributed by atoms with E-state index in [1.54, 1.807) is 24.3 Å². The molecule has 0 spiro atoms. The summed E-state index contributed by atoms with van der Waals surface area (Å²) >= 11 is 6.02. The summed E-state index contributed by atoms with van der Waals surface area (Å²) in [4.78, 5) is 16.6. The highest BCUT2D eigenvalue weighted by Gasteiger charge is 2.09. The lowest BCUT2D eigenvalue weighted by Crippen LogP contribution is -2.30. The van der Waals surface area contributed by atoms with Crippen molar-refractivity contribution in [3.63, 3.8) is 0 Å². The highest BCUT2D eigenvalue weighted by Crippen LogP contribution is 2.24. The van der Waals surface area contributed by atoms with Gasteiger partial charge in [-0.2, -0.15) is 5.26 Å². The lowest BCUT2D eigenvalue weighted by atomic mass is 10.1. The summed E-state index contributed by atoms with van der Waals surface area (Å²) in [6.45, 7) is 5.08. The van der Waals surface area contributed by atoms with Gasteiger partial charge in [-0.15, -0.1) is 0 Å². The van der Waals surface area contributed by atoms with E-state index in [4.69, 9.17) is 11.6 Å². The molecule has 0 fully saturated rings. The van der Waals surface area contributed by atoms with Crippen LogP contribution in [0.5, 0.6) is 0 Å². The van der Waals surface area contributed by atoms with Crippen molar-refractivity contribution in [1.82, 2.24) is 10.3 Å². The van der Waals surface area contributed by atoms with Crippen molar-refractivity contribution < 1.29 is 4.79 Å². The molecule has 0 aliphatic heterocycles. The number of amides is 2. The molecule has 148 valence electrons. The Bertz CT molecular complexity index is 1090. The third-order valence-electron chi connectivity index (χ3n) is 4.43. The predicted molar refractivity (Wildman–Crippen MR) is 118 cm³/mol. The van der Waals surface area contributed by atoms with E-state index in [9.17, 15) is 10.1 Å². The number of hydrogen-bond acceptors (Lipinski definition) is 4. The SMILES string of the molecule is Cc1cc(C)c2nc(NCCCNC(=O)Nc3ccccc3Cl)c(C#N)cc2c1. The molecular formula is C22H22ClN5O. The number of nitrogens with one attached hydrogen (secondary N) is 3. The molecule has 0 saturated heterocycles. The van der Waals surface area contributed by atoms with Crippen LogP contribution in [-0.2, 0) is 0 Å². The van der Waals surface area contributed by atoms with Crippen molar-refractivity contribution in [2.24, 2.45) is 0 Å². The number of carbonyl (C=O) groups is 1. The molecule has 1 heterocycles. The lowest BCUT2D eigenvalue weighted by molar-refractivity contribution is 0.252. The second-order valence-corrected chi connectivity index (χ2v) is 7.20. The number of rotatable bonds is 6. The van der Waals surface area contributed by atoms with E-state index in [1.165, 1.54) is 0 Å². The van der Waals surface area contributed by atoms with E-state index in [0.717, 1.165) is 22.0 Å². The Labute approximate surface area is 174 Å². The minimum absolute atomic E-state index is 0.314. The van der Waals surface area contributed by atoms with Crippen molar-refractivity contribution in [1.29, 1.82) is 5.26 Å². The molecule has 0 radical (unpaired) electrons. The third-order valence-corrected chi connectivity index (χ3v) is 4.76. The summed E-state index contributed by atoms with van der Waals surface area (Å²) < 4.78 is 0. The first-order valence-corrected chi connectivity index (χ1v) is 9.71. The third kappa shape index (κ3) is 5.15. The van der Waals surface area contributed by atoms with Crippen LogP contribution in [0.25, 0.3) is 10.9 Å². The van der Waals surface area contributed by atoms with Gasteiger partial charge in [0, 0.05) is 18.5 Å². The summed E-state index contributed by atoms with van der Waals surface area (Å²) in [5.41, 5.74) is 4.17. The zero-order valence-electron chi connectivity index (χ0n) is 16.3. The van der Waals surface area contributed by atoms with E-state index >= 15 is 0 Å². The Balaban J connectivity index is 1.54. The Morgan fingerprint density at radius 3 is 2.72 bits per heavy atom. The second-order valence-electron chi connectivity index (χ2n) is 6.79. The molecular weight excluding hydrogens is 386 g/mol. The van der Waals surface area contributed by atoms with E-state index in [-0.39, 0.29) is 6.03 Å². The van der Waals surface area contributed by atoms with Crippen LogP contribution in [0.15, 0.2) is 42.5 Å². The second kappa shape index (κ2) is 9.26. The number of pyridine rings is 1. The molecule has 2 amide bonds. The molecule has 3 rings (SSSR count). The van der Waals surface area contributed by atoms with Crippen molar-refractivity contribution in [3.8, 4) is 6.07 Å². The number of benzene rings is 2.